The van der Waals surface area contributed by atoms with E-state index in [1.165, 1.54) is 0 Å². The number of hydrogen-bond donors (Lipinski definition) is 0. The SMILES string of the molecule is CS(=O)(=O)CS(C)(=O)=O.S. The molecule has 0 fully saturated rings. The third-order valence-electron chi connectivity index (χ3n) is 0.428. The second-order valence-electron chi connectivity index (χ2n) is 1.97. The highest BCUT2D eigenvalue weighted by Gasteiger charge is 2.11. The molecule has 64 valence electrons. The van der Waals surface area contributed by atoms with E-state index in [-0.39, 0.29) is 13.5 Å². The first kappa shape index (κ1) is 12.9. The first-order valence-corrected chi connectivity index (χ1v) is 6.18. The average Bonchev–Trinajstić information content (AvgIpc) is 1.14. The molecule has 10 heavy (non-hydrogen) atoms. The third-order valence-corrected chi connectivity index (χ3v) is 3.85. The van der Waals surface area contributed by atoms with Gasteiger partial charge < -0.3 is 0 Å². The Labute approximate surface area is 67.9 Å². The van der Waals surface area contributed by atoms with Gasteiger partial charge in [-0.2, -0.15) is 13.5 Å². The Morgan fingerprint density at radius 2 is 1.10 bits per heavy atom. The van der Waals surface area contributed by atoms with E-state index < -0.39 is 24.8 Å². The van der Waals surface area contributed by atoms with Gasteiger partial charge >= 0.3 is 0 Å². The second-order valence-corrected chi connectivity index (χ2v) is 6.62. The third kappa shape index (κ3) is 11.1. The van der Waals surface area contributed by atoms with Crippen molar-refractivity contribution in [3.8, 4) is 0 Å². The zero-order valence-electron chi connectivity index (χ0n) is 5.66. The molecule has 0 rings (SSSR count). The smallest absolute Gasteiger partial charge is 0.161 e. The summed E-state index contributed by atoms with van der Waals surface area (Å²) in [6.07, 6.45) is 1.77. The van der Waals surface area contributed by atoms with Crippen LogP contribution >= 0.6 is 13.5 Å². The molecule has 0 saturated carbocycles. The van der Waals surface area contributed by atoms with Gasteiger partial charge in [-0.25, -0.2) is 16.8 Å². The molecule has 0 N–H and O–H groups in total. The molecule has 0 amide bonds. The minimum atomic E-state index is -3.37. The lowest BCUT2D eigenvalue weighted by molar-refractivity contribution is 0.595. The van der Waals surface area contributed by atoms with Crippen molar-refractivity contribution < 1.29 is 16.8 Å². The molecule has 0 aromatic rings. The Balaban J connectivity index is 0. The minimum Gasteiger partial charge on any atom is -0.228 e. The molecule has 0 saturated heterocycles. The Kier molecular flexibility index (Phi) is 4.62. The standard InChI is InChI=1S/C3H8O4S2.H2S/c1-8(4,5)3-9(2,6)7;/h3H2,1-2H3;1H2. The topological polar surface area (TPSA) is 68.3 Å². The van der Waals surface area contributed by atoms with Crippen molar-refractivity contribution in [2.75, 3.05) is 17.6 Å². The zero-order chi connectivity index (χ0) is 7.71. The average molecular weight is 206 g/mol. The fourth-order valence-corrected chi connectivity index (χ4v) is 3.50. The van der Waals surface area contributed by atoms with Crippen LogP contribution in [0.5, 0.6) is 0 Å². The molecule has 0 heterocycles. The summed E-state index contributed by atoms with van der Waals surface area (Å²) in [7, 11) is -6.74. The molecule has 0 radical (unpaired) electrons. The second kappa shape index (κ2) is 3.59. The number of sulfone groups is 2. The highest BCUT2D eigenvalue weighted by molar-refractivity contribution is 8.07. The minimum absolute atomic E-state index is 0. The van der Waals surface area contributed by atoms with Crippen molar-refractivity contribution in [3.05, 3.63) is 0 Å². The highest BCUT2D eigenvalue weighted by Crippen LogP contribution is 1.89. The first-order chi connectivity index (χ1) is 3.71. The van der Waals surface area contributed by atoms with Gasteiger partial charge in [-0.05, 0) is 0 Å². The highest BCUT2D eigenvalue weighted by atomic mass is 32.3. The largest absolute Gasteiger partial charge is 0.228 e. The molecule has 0 aromatic heterocycles. The Hall–Kier alpha value is 0.250. The summed E-state index contributed by atoms with van der Waals surface area (Å²) in [5.41, 5.74) is 0. The van der Waals surface area contributed by atoms with Crippen LogP contribution in [-0.2, 0) is 19.7 Å². The van der Waals surface area contributed by atoms with Crippen LogP contribution in [0, 0.1) is 0 Å². The summed E-state index contributed by atoms with van der Waals surface area (Å²) in [6.45, 7) is 0. The maximum atomic E-state index is 10.3. The van der Waals surface area contributed by atoms with Crippen molar-refractivity contribution in [1.29, 1.82) is 0 Å². The maximum absolute atomic E-state index is 10.3. The van der Waals surface area contributed by atoms with Crippen molar-refractivity contribution in [1.82, 2.24) is 0 Å². The Bertz CT molecular complexity index is 241. The van der Waals surface area contributed by atoms with Crippen LogP contribution in [0.25, 0.3) is 0 Å². The van der Waals surface area contributed by atoms with Crippen molar-refractivity contribution in [3.63, 3.8) is 0 Å². The van der Waals surface area contributed by atoms with Gasteiger partial charge in [-0.15, -0.1) is 0 Å². The lowest BCUT2D eigenvalue weighted by atomic mass is 11.9. The summed E-state index contributed by atoms with van der Waals surface area (Å²) in [5, 5.41) is -0.764. The monoisotopic (exact) mass is 206 g/mol. The fraction of sp³-hybridized carbons (Fsp3) is 1.00. The molecule has 0 atom stereocenters. The van der Waals surface area contributed by atoms with Gasteiger partial charge in [0, 0.05) is 12.5 Å². The van der Waals surface area contributed by atoms with Gasteiger partial charge in [0.05, 0.1) is 0 Å². The number of hydrogen-bond acceptors (Lipinski definition) is 4. The van der Waals surface area contributed by atoms with Gasteiger partial charge in [0.1, 0.15) is 0 Å². The van der Waals surface area contributed by atoms with E-state index in [1.807, 2.05) is 0 Å². The van der Waals surface area contributed by atoms with Crippen LogP contribution < -0.4 is 0 Å². The van der Waals surface area contributed by atoms with E-state index in [2.05, 4.69) is 0 Å². The molecule has 7 heteroatoms. The van der Waals surface area contributed by atoms with Crippen LogP contribution in [0.2, 0.25) is 0 Å². The molecule has 0 aliphatic heterocycles. The zero-order valence-corrected chi connectivity index (χ0v) is 8.29. The van der Waals surface area contributed by atoms with Crippen molar-refractivity contribution in [2.24, 2.45) is 0 Å². The molecule has 0 aliphatic rings. The Morgan fingerprint density at radius 1 is 0.900 bits per heavy atom. The van der Waals surface area contributed by atoms with Crippen LogP contribution in [-0.4, -0.2) is 34.4 Å². The van der Waals surface area contributed by atoms with Gasteiger partial charge in [0.2, 0.25) is 0 Å². The van der Waals surface area contributed by atoms with E-state index in [1.54, 1.807) is 0 Å². The molecular weight excluding hydrogens is 196 g/mol. The predicted octanol–water partition coefficient (Wildman–Crippen LogP) is -0.854. The van der Waals surface area contributed by atoms with Gasteiger partial charge in [0.15, 0.2) is 24.8 Å². The normalized spacial score (nSPS) is 12.2. The van der Waals surface area contributed by atoms with Crippen molar-refractivity contribution >= 4 is 33.2 Å². The van der Waals surface area contributed by atoms with E-state index in [0.717, 1.165) is 12.5 Å². The number of rotatable bonds is 2. The first-order valence-electron chi connectivity index (χ1n) is 2.06. The van der Waals surface area contributed by atoms with Gasteiger partial charge in [-0.1, -0.05) is 0 Å². The molecule has 0 bridgehead atoms. The molecule has 0 aromatic carbocycles. The van der Waals surface area contributed by atoms with Crippen molar-refractivity contribution in [2.45, 2.75) is 0 Å². The predicted molar refractivity (Wildman–Crippen MR) is 44.9 cm³/mol. The summed E-state index contributed by atoms with van der Waals surface area (Å²) in [5.74, 6) is 0. The van der Waals surface area contributed by atoms with Gasteiger partial charge in [-0.3, -0.25) is 0 Å². The van der Waals surface area contributed by atoms with Crippen LogP contribution in [0.1, 0.15) is 0 Å². The summed E-state index contributed by atoms with van der Waals surface area (Å²) >= 11 is 0. The lowest BCUT2D eigenvalue weighted by Gasteiger charge is -1.91. The molecule has 0 spiro atoms. The van der Waals surface area contributed by atoms with Gasteiger partial charge in [0.25, 0.3) is 0 Å². The maximum Gasteiger partial charge on any atom is 0.161 e. The van der Waals surface area contributed by atoms with E-state index in [9.17, 15) is 16.8 Å². The summed E-state index contributed by atoms with van der Waals surface area (Å²) in [4.78, 5) is 0. The molecule has 4 nitrogen and oxygen atoms in total. The van der Waals surface area contributed by atoms with Crippen LogP contribution in [0.15, 0.2) is 0 Å². The van der Waals surface area contributed by atoms with Crippen LogP contribution in [0.3, 0.4) is 0 Å². The lowest BCUT2D eigenvalue weighted by Crippen LogP contribution is -2.12. The van der Waals surface area contributed by atoms with E-state index in [4.69, 9.17) is 0 Å². The summed E-state index contributed by atoms with van der Waals surface area (Å²) in [6, 6.07) is 0. The van der Waals surface area contributed by atoms with Crippen LogP contribution in [0.4, 0.5) is 0 Å². The Morgan fingerprint density at radius 3 is 1.10 bits per heavy atom. The fourth-order valence-electron chi connectivity index (χ4n) is 0.389. The molecular formula is C3H10O4S3. The van der Waals surface area contributed by atoms with E-state index in [0.29, 0.717) is 0 Å². The molecule has 0 aliphatic carbocycles. The molecule has 0 unspecified atom stereocenters. The quantitative estimate of drug-likeness (QED) is 0.590. The summed E-state index contributed by atoms with van der Waals surface area (Å²) < 4.78 is 41.1. The van der Waals surface area contributed by atoms with E-state index >= 15 is 0 Å².